The molecule has 0 radical (unpaired) electrons. The number of nitrogens with two attached hydrogens (primary N) is 1. The molecule has 0 aliphatic carbocycles. The number of carbonyl (C=O) groups is 4. The standard InChI is InChI=1S/C23H34N4O6S/c1-11(6-12(2)28)17-18-13(3)20(19(23(31)32)27(18)22(17)30)34-15-7-16(25-9-15)21(29)26-4-5-33-14(8-24)10-26/h11,13-18,25H,4-10,24H2,1-3H3,(H,31,32)/t11-,13+,14-,15?,16-,17+,18+/m0/s1. The Morgan fingerprint density at radius 1 is 1.35 bits per heavy atom. The normalized spacial score (nSPS) is 34.2. The highest BCUT2D eigenvalue weighted by Gasteiger charge is 2.60. The molecule has 0 saturated carbocycles. The van der Waals surface area contributed by atoms with Gasteiger partial charge in [0.15, 0.2) is 0 Å². The minimum Gasteiger partial charge on any atom is -0.477 e. The molecule has 2 amide bonds. The van der Waals surface area contributed by atoms with Gasteiger partial charge in [-0.2, -0.15) is 0 Å². The van der Waals surface area contributed by atoms with Gasteiger partial charge in [-0.15, -0.1) is 11.8 Å². The third-order valence-electron chi connectivity index (χ3n) is 7.41. The monoisotopic (exact) mass is 494 g/mol. The Labute approximate surface area is 203 Å². The van der Waals surface area contributed by atoms with Crippen LogP contribution >= 0.6 is 11.8 Å². The number of carboxylic acids is 1. The molecule has 4 aliphatic rings. The minimum atomic E-state index is -1.11. The topological polar surface area (TPSA) is 142 Å². The molecule has 0 bridgehead atoms. The summed E-state index contributed by atoms with van der Waals surface area (Å²) in [7, 11) is 0. The van der Waals surface area contributed by atoms with Crippen LogP contribution in [0.5, 0.6) is 0 Å². The van der Waals surface area contributed by atoms with E-state index in [0.29, 0.717) is 50.5 Å². The van der Waals surface area contributed by atoms with Crippen molar-refractivity contribution in [1.29, 1.82) is 0 Å². The predicted octanol–water partition coefficient (Wildman–Crippen LogP) is 0.0243. The number of morpholine rings is 1. The lowest BCUT2D eigenvalue weighted by Crippen LogP contribution is -2.62. The third kappa shape index (κ3) is 4.50. The molecule has 4 rings (SSSR count). The number of carbonyl (C=O) groups excluding carboxylic acids is 3. The van der Waals surface area contributed by atoms with Crippen LogP contribution in [0.2, 0.25) is 0 Å². The molecule has 1 unspecified atom stereocenters. The van der Waals surface area contributed by atoms with Crippen LogP contribution in [0.25, 0.3) is 0 Å². The van der Waals surface area contributed by atoms with Crippen LogP contribution in [0.3, 0.4) is 0 Å². The molecule has 10 nitrogen and oxygen atoms in total. The van der Waals surface area contributed by atoms with Gasteiger partial charge in [-0.25, -0.2) is 4.79 Å². The fraction of sp³-hybridized carbons (Fsp3) is 0.739. The number of β-lactam (4-membered cyclic amide) rings is 1. The van der Waals surface area contributed by atoms with Crippen molar-refractivity contribution in [3.63, 3.8) is 0 Å². The number of hydrogen-bond donors (Lipinski definition) is 3. The Hall–Kier alpha value is -1.95. The van der Waals surface area contributed by atoms with E-state index < -0.39 is 5.97 Å². The second kappa shape index (κ2) is 9.96. The number of aliphatic carboxylic acids is 1. The van der Waals surface area contributed by atoms with Crippen molar-refractivity contribution in [3.8, 4) is 0 Å². The van der Waals surface area contributed by atoms with E-state index in [4.69, 9.17) is 10.5 Å². The molecular formula is C23H34N4O6S. The van der Waals surface area contributed by atoms with Crippen molar-refractivity contribution < 1.29 is 29.0 Å². The number of carboxylic acid groups (broad SMARTS) is 1. The Bertz CT molecular complexity index is 910. The van der Waals surface area contributed by atoms with Crippen molar-refractivity contribution in [2.24, 2.45) is 23.5 Å². The van der Waals surface area contributed by atoms with Gasteiger partial charge in [0, 0.05) is 48.7 Å². The maximum Gasteiger partial charge on any atom is 0.353 e. The molecule has 0 spiro atoms. The lowest BCUT2D eigenvalue weighted by molar-refractivity contribution is -0.160. The summed E-state index contributed by atoms with van der Waals surface area (Å²) in [5.41, 5.74) is 5.76. The molecule has 7 atom stereocenters. The number of ketones is 1. The number of amides is 2. The van der Waals surface area contributed by atoms with Gasteiger partial charge in [-0.1, -0.05) is 13.8 Å². The van der Waals surface area contributed by atoms with Crippen molar-refractivity contribution in [1.82, 2.24) is 15.1 Å². The number of thioether (sulfide) groups is 1. The summed E-state index contributed by atoms with van der Waals surface area (Å²) in [6.45, 7) is 7.79. The van der Waals surface area contributed by atoms with Crippen LogP contribution in [0.4, 0.5) is 0 Å². The molecule has 11 heteroatoms. The largest absolute Gasteiger partial charge is 0.477 e. The highest BCUT2D eigenvalue weighted by molar-refractivity contribution is 8.03. The number of hydrogen-bond acceptors (Lipinski definition) is 8. The van der Waals surface area contributed by atoms with Gasteiger partial charge in [-0.3, -0.25) is 9.59 Å². The highest BCUT2D eigenvalue weighted by Crippen LogP contribution is 2.53. The van der Waals surface area contributed by atoms with E-state index in [9.17, 15) is 24.3 Å². The van der Waals surface area contributed by atoms with Gasteiger partial charge in [0.25, 0.3) is 0 Å². The first kappa shape index (κ1) is 25.2. The summed E-state index contributed by atoms with van der Waals surface area (Å²) in [6, 6.07) is -0.564. The zero-order chi connectivity index (χ0) is 24.7. The smallest absolute Gasteiger partial charge is 0.353 e. The third-order valence-corrected chi connectivity index (χ3v) is 8.92. The first-order chi connectivity index (χ1) is 16.1. The predicted molar refractivity (Wildman–Crippen MR) is 126 cm³/mol. The van der Waals surface area contributed by atoms with Crippen molar-refractivity contribution in [2.45, 2.75) is 57.1 Å². The highest BCUT2D eigenvalue weighted by atomic mass is 32.2. The Kier molecular flexibility index (Phi) is 7.37. The summed E-state index contributed by atoms with van der Waals surface area (Å²) < 4.78 is 5.55. The van der Waals surface area contributed by atoms with Gasteiger partial charge in [-0.05, 0) is 19.3 Å². The Balaban J connectivity index is 1.43. The van der Waals surface area contributed by atoms with Gasteiger partial charge in [0.1, 0.15) is 11.5 Å². The quantitative estimate of drug-likeness (QED) is 0.398. The van der Waals surface area contributed by atoms with Crippen LogP contribution < -0.4 is 11.1 Å². The van der Waals surface area contributed by atoms with E-state index >= 15 is 0 Å². The summed E-state index contributed by atoms with van der Waals surface area (Å²) in [5, 5.41) is 13.2. The minimum absolute atomic E-state index is 0.0221. The fourth-order valence-electron chi connectivity index (χ4n) is 5.79. The molecule has 0 aromatic heterocycles. The summed E-state index contributed by atoms with van der Waals surface area (Å²) in [6.07, 6.45) is 0.744. The first-order valence-electron chi connectivity index (χ1n) is 11.9. The molecule has 3 saturated heterocycles. The lowest BCUT2D eigenvalue weighted by atomic mass is 9.73. The second-order valence-electron chi connectivity index (χ2n) is 9.86. The maximum atomic E-state index is 13.0. The van der Waals surface area contributed by atoms with Gasteiger partial charge in [0.05, 0.1) is 30.7 Å². The van der Waals surface area contributed by atoms with Crippen LogP contribution in [0.1, 0.15) is 33.6 Å². The van der Waals surface area contributed by atoms with Crippen molar-refractivity contribution >= 4 is 35.3 Å². The zero-order valence-electron chi connectivity index (χ0n) is 19.9. The molecule has 188 valence electrons. The Morgan fingerprint density at radius 2 is 2.09 bits per heavy atom. The van der Waals surface area contributed by atoms with E-state index in [2.05, 4.69) is 5.32 Å². The van der Waals surface area contributed by atoms with E-state index in [0.717, 1.165) is 0 Å². The van der Waals surface area contributed by atoms with E-state index in [-0.39, 0.29) is 64.5 Å². The molecule has 4 aliphatic heterocycles. The molecule has 0 aromatic rings. The summed E-state index contributed by atoms with van der Waals surface area (Å²) in [5.74, 6) is -1.88. The average Bonchev–Trinajstić information content (AvgIpc) is 3.35. The zero-order valence-corrected chi connectivity index (χ0v) is 20.7. The SMILES string of the molecule is CC(=O)C[C@H](C)[C@H]1C(=O)N2C(C(=O)O)=C(SC3CN[C@H](C(=O)N4CCO[C@@H](CN)C4)C3)[C@H](C)[C@H]12. The number of nitrogens with one attached hydrogen (secondary N) is 1. The van der Waals surface area contributed by atoms with Crippen LogP contribution in [0, 0.1) is 17.8 Å². The number of fused-ring (bicyclic) bond motifs is 1. The average molecular weight is 495 g/mol. The first-order valence-corrected chi connectivity index (χ1v) is 12.8. The summed E-state index contributed by atoms with van der Waals surface area (Å²) >= 11 is 1.47. The van der Waals surface area contributed by atoms with Crippen LogP contribution in [-0.4, -0.2) is 94.7 Å². The fourth-order valence-corrected chi connectivity index (χ4v) is 7.27. The van der Waals surface area contributed by atoms with E-state index in [1.54, 1.807) is 4.90 Å². The van der Waals surface area contributed by atoms with Crippen LogP contribution in [-0.2, 0) is 23.9 Å². The van der Waals surface area contributed by atoms with Crippen molar-refractivity contribution in [2.75, 3.05) is 32.8 Å². The molecule has 4 N–H and O–H groups in total. The number of rotatable bonds is 8. The van der Waals surface area contributed by atoms with Gasteiger partial charge in [0.2, 0.25) is 11.8 Å². The van der Waals surface area contributed by atoms with Crippen molar-refractivity contribution in [3.05, 3.63) is 10.6 Å². The molecule has 4 heterocycles. The van der Waals surface area contributed by atoms with E-state index in [1.807, 2.05) is 13.8 Å². The molecule has 34 heavy (non-hydrogen) atoms. The number of ether oxygens (including phenoxy) is 1. The number of nitrogens with zero attached hydrogens (tertiary/aromatic N) is 2. The van der Waals surface area contributed by atoms with Gasteiger partial charge >= 0.3 is 5.97 Å². The van der Waals surface area contributed by atoms with Crippen LogP contribution in [0.15, 0.2) is 10.6 Å². The lowest BCUT2D eigenvalue weighted by Gasteiger charge is -2.47. The molecular weight excluding hydrogens is 460 g/mol. The maximum absolute atomic E-state index is 13.0. The van der Waals surface area contributed by atoms with E-state index in [1.165, 1.54) is 23.6 Å². The summed E-state index contributed by atoms with van der Waals surface area (Å²) in [4.78, 5) is 53.6. The molecule has 0 aromatic carbocycles. The molecule has 3 fully saturated rings. The number of Topliss-reactive ketones (excluding diaryl/α,β-unsaturated/α-hetero) is 1. The Morgan fingerprint density at radius 3 is 2.74 bits per heavy atom. The second-order valence-corrected chi connectivity index (χ2v) is 11.2. The van der Waals surface area contributed by atoms with Gasteiger partial charge < -0.3 is 35.5 Å².